The summed E-state index contributed by atoms with van der Waals surface area (Å²) in [6.45, 7) is 6.53. The molecule has 4 nitrogen and oxygen atoms in total. The fraction of sp³-hybridized carbons (Fsp3) is 1.00. The minimum absolute atomic E-state index is 0.0660. The van der Waals surface area contributed by atoms with Gasteiger partial charge < -0.3 is 15.2 Å². The van der Waals surface area contributed by atoms with Gasteiger partial charge in [-0.1, -0.05) is 6.92 Å². The van der Waals surface area contributed by atoms with Crippen LogP contribution in [0.1, 0.15) is 39.5 Å². The molecule has 1 saturated carbocycles. The van der Waals surface area contributed by atoms with E-state index < -0.39 is 0 Å². The van der Waals surface area contributed by atoms with Gasteiger partial charge in [0.05, 0.1) is 13.2 Å². The largest absolute Gasteiger partial charge is 0.394 e. The first-order valence-electron chi connectivity index (χ1n) is 7.17. The van der Waals surface area contributed by atoms with Gasteiger partial charge in [0.25, 0.3) is 0 Å². The topological polar surface area (TPSA) is 44.7 Å². The molecule has 1 aliphatic carbocycles. The molecule has 1 fully saturated rings. The lowest BCUT2D eigenvalue weighted by Crippen LogP contribution is -2.48. The molecular weight excluding hydrogens is 228 g/mol. The number of likely N-dealkylation sites (N-methyl/N-ethyl adjacent to an activating group) is 1. The summed E-state index contributed by atoms with van der Waals surface area (Å²) >= 11 is 0. The van der Waals surface area contributed by atoms with Crippen molar-refractivity contribution in [3.05, 3.63) is 0 Å². The number of methoxy groups -OCH3 is 1. The Morgan fingerprint density at radius 2 is 2.28 bits per heavy atom. The van der Waals surface area contributed by atoms with Crippen LogP contribution in [0, 0.1) is 0 Å². The number of aliphatic hydroxyl groups is 1. The van der Waals surface area contributed by atoms with Gasteiger partial charge in [0.2, 0.25) is 0 Å². The average Bonchev–Trinajstić information content (AvgIpc) is 2.84. The van der Waals surface area contributed by atoms with Crippen molar-refractivity contribution >= 4 is 0 Å². The molecule has 3 atom stereocenters. The summed E-state index contributed by atoms with van der Waals surface area (Å²) in [6.07, 6.45) is 4.42. The molecular formula is C14H30N2O2. The molecule has 18 heavy (non-hydrogen) atoms. The molecule has 0 aromatic rings. The summed E-state index contributed by atoms with van der Waals surface area (Å²) in [7, 11) is 3.72. The van der Waals surface area contributed by atoms with Crippen molar-refractivity contribution in [3.63, 3.8) is 0 Å². The molecule has 0 aromatic heterocycles. The van der Waals surface area contributed by atoms with Gasteiger partial charge in [-0.3, -0.25) is 4.90 Å². The van der Waals surface area contributed by atoms with Crippen LogP contribution in [-0.4, -0.2) is 61.5 Å². The molecule has 0 spiro atoms. The van der Waals surface area contributed by atoms with Crippen LogP contribution in [0.2, 0.25) is 0 Å². The number of hydrogen-bond acceptors (Lipinski definition) is 4. The highest BCUT2D eigenvalue weighted by Gasteiger charge is 2.40. The van der Waals surface area contributed by atoms with Crippen LogP contribution >= 0.6 is 0 Å². The van der Waals surface area contributed by atoms with Gasteiger partial charge in [0.1, 0.15) is 0 Å². The van der Waals surface area contributed by atoms with Crippen molar-refractivity contribution in [1.82, 2.24) is 10.2 Å². The number of nitrogens with one attached hydrogen (secondary N) is 1. The lowest BCUT2D eigenvalue weighted by molar-refractivity contribution is 0.0818. The Morgan fingerprint density at radius 3 is 2.72 bits per heavy atom. The van der Waals surface area contributed by atoms with E-state index in [4.69, 9.17) is 4.74 Å². The third-order valence-corrected chi connectivity index (χ3v) is 4.60. The zero-order valence-electron chi connectivity index (χ0n) is 12.4. The predicted octanol–water partition coefficient (Wildman–Crippen LogP) is 1.24. The Kier molecular flexibility index (Phi) is 6.57. The van der Waals surface area contributed by atoms with Crippen molar-refractivity contribution in [2.45, 2.75) is 57.2 Å². The van der Waals surface area contributed by atoms with Crippen LogP contribution in [0.4, 0.5) is 0 Å². The van der Waals surface area contributed by atoms with Gasteiger partial charge in [0.15, 0.2) is 0 Å². The maximum Gasteiger partial charge on any atom is 0.0613 e. The van der Waals surface area contributed by atoms with Gasteiger partial charge in [-0.05, 0) is 39.7 Å². The first kappa shape index (κ1) is 15.9. The Morgan fingerprint density at radius 1 is 1.56 bits per heavy atom. The third kappa shape index (κ3) is 3.67. The average molecular weight is 258 g/mol. The lowest BCUT2D eigenvalue weighted by Gasteiger charge is -2.35. The SMILES string of the molecule is CCC(C)N(CCOC)C1CCC(CO)(NC)C1. The van der Waals surface area contributed by atoms with Gasteiger partial charge in [-0.25, -0.2) is 0 Å². The molecule has 3 unspecified atom stereocenters. The van der Waals surface area contributed by atoms with Crippen molar-refractivity contribution in [2.24, 2.45) is 0 Å². The van der Waals surface area contributed by atoms with Gasteiger partial charge in [-0.15, -0.1) is 0 Å². The van der Waals surface area contributed by atoms with Gasteiger partial charge in [-0.2, -0.15) is 0 Å². The lowest BCUT2D eigenvalue weighted by atomic mass is 9.98. The smallest absolute Gasteiger partial charge is 0.0613 e. The second-order valence-corrected chi connectivity index (χ2v) is 5.57. The molecule has 2 N–H and O–H groups in total. The quantitative estimate of drug-likeness (QED) is 0.687. The summed E-state index contributed by atoms with van der Waals surface area (Å²) in [5, 5.41) is 12.9. The highest BCUT2D eigenvalue weighted by molar-refractivity contribution is 4.99. The molecule has 0 aromatic carbocycles. The molecule has 0 heterocycles. The second-order valence-electron chi connectivity index (χ2n) is 5.57. The van der Waals surface area contributed by atoms with Crippen LogP contribution in [0.3, 0.4) is 0 Å². The van der Waals surface area contributed by atoms with Crippen LogP contribution in [0.5, 0.6) is 0 Å². The predicted molar refractivity (Wildman–Crippen MR) is 74.9 cm³/mol. The van der Waals surface area contributed by atoms with E-state index in [9.17, 15) is 5.11 Å². The van der Waals surface area contributed by atoms with E-state index in [2.05, 4.69) is 24.1 Å². The van der Waals surface area contributed by atoms with E-state index in [1.807, 2.05) is 7.05 Å². The maximum absolute atomic E-state index is 9.58. The standard InChI is InChI=1S/C14H30N2O2/c1-5-12(2)16(8-9-18-4)13-6-7-14(10-13,11-17)15-3/h12-13,15,17H,5-11H2,1-4H3. The molecule has 0 radical (unpaired) electrons. The Hall–Kier alpha value is -0.160. The highest BCUT2D eigenvalue weighted by atomic mass is 16.5. The Labute approximate surface area is 112 Å². The van der Waals surface area contributed by atoms with E-state index in [1.165, 1.54) is 0 Å². The number of ether oxygens (including phenoxy) is 1. The van der Waals surface area contributed by atoms with E-state index in [-0.39, 0.29) is 12.1 Å². The van der Waals surface area contributed by atoms with Crippen molar-refractivity contribution < 1.29 is 9.84 Å². The summed E-state index contributed by atoms with van der Waals surface area (Å²) in [4.78, 5) is 2.55. The first-order chi connectivity index (χ1) is 8.62. The first-order valence-corrected chi connectivity index (χ1v) is 7.17. The zero-order valence-corrected chi connectivity index (χ0v) is 12.4. The van der Waals surface area contributed by atoms with Crippen LogP contribution < -0.4 is 5.32 Å². The second kappa shape index (κ2) is 7.43. The summed E-state index contributed by atoms with van der Waals surface area (Å²) in [5.41, 5.74) is -0.0660. The monoisotopic (exact) mass is 258 g/mol. The Bertz CT molecular complexity index is 232. The van der Waals surface area contributed by atoms with Crippen LogP contribution in [-0.2, 0) is 4.74 Å². The van der Waals surface area contributed by atoms with Crippen molar-refractivity contribution in [3.8, 4) is 0 Å². The minimum atomic E-state index is -0.0660. The van der Waals surface area contributed by atoms with Crippen LogP contribution in [0.15, 0.2) is 0 Å². The maximum atomic E-state index is 9.58. The normalized spacial score (nSPS) is 30.0. The van der Waals surface area contributed by atoms with E-state index >= 15 is 0 Å². The van der Waals surface area contributed by atoms with E-state index in [0.717, 1.165) is 38.8 Å². The number of hydrogen-bond donors (Lipinski definition) is 2. The van der Waals surface area contributed by atoms with E-state index in [1.54, 1.807) is 7.11 Å². The number of rotatable bonds is 8. The fourth-order valence-corrected chi connectivity index (χ4v) is 3.02. The number of aliphatic hydroxyl groups excluding tert-OH is 1. The fourth-order valence-electron chi connectivity index (χ4n) is 3.02. The van der Waals surface area contributed by atoms with E-state index in [0.29, 0.717) is 12.1 Å². The molecule has 4 heteroatoms. The molecule has 0 amide bonds. The van der Waals surface area contributed by atoms with Crippen molar-refractivity contribution in [1.29, 1.82) is 0 Å². The van der Waals surface area contributed by atoms with Crippen molar-refractivity contribution in [2.75, 3.05) is 33.9 Å². The molecule has 1 aliphatic rings. The molecule has 0 aliphatic heterocycles. The summed E-state index contributed by atoms with van der Waals surface area (Å²) in [6, 6.07) is 1.14. The molecule has 0 saturated heterocycles. The molecule has 1 rings (SSSR count). The zero-order chi connectivity index (χ0) is 13.6. The third-order valence-electron chi connectivity index (χ3n) is 4.60. The van der Waals surface area contributed by atoms with Gasteiger partial charge in [0, 0.05) is 31.3 Å². The summed E-state index contributed by atoms with van der Waals surface area (Å²) < 4.78 is 5.22. The Balaban J connectivity index is 2.64. The highest BCUT2D eigenvalue weighted by Crippen LogP contribution is 2.33. The minimum Gasteiger partial charge on any atom is -0.394 e. The van der Waals surface area contributed by atoms with Gasteiger partial charge >= 0.3 is 0 Å². The molecule has 108 valence electrons. The van der Waals surface area contributed by atoms with Crippen LogP contribution in [0.25, 0.3) is 0 Å². The molecule has 0 bridgehead atoms. The number of nitrogens with zero attached hydrogens (tertiary/aromatic N) is 1. The summed E-state index contributed by atoms with van der Waals surface area (Å²) in [5.74, 6) is 0.